The molecule has 1 unspecified atom stereocenters. The summed E-state index contributed by atoms with van der Waals surface area (Å²) < 4.78 is 0. The molecule has 2 aromatic carbocycles. The SMILES string of the molecule is O=C1NCCN[C@H]1C(CCc1c[nH]c2ccccc12)c1cccc(O)c1. The van der Waals surface area contributed by atoms with Crippen LogP contribution in [0.15, 0.2) is 54.7 Å². The molecular weight excluding hydrogens is 326 g/mol. The molecule has 0 spiro atoms. The summed E-state index contributed by atoms with van der Waals surface area (Å²) in [4.78, 5) is 15.7. The third kappa shape index (κ3) is 3.30. The quantitative estimate of drug-likeness (QED) is 0.572. The third-order valence-electron chi connectivity index (χ3n) is 5.17. The first-order valence-corrected chi connectivity index (χ1v) is 9.07. The van der Waals surface area contributed by atoms with Crippen LogP contribution in [-0.4, -0.2) is 35.1 Å². The van der Waals surface area contributed by atoms with Crippen LogP contribution >= 0.6 is 0 Å². The monoisotopic (exact) mass is 349 g/mol. The van der Waals surface area contributed by atoms with Gasteiger partial charge in [-0.2, -0.15) is 0 Å². The zero-order valence-electron chi connectivity index (χ0n) is 14.5. The van der Waals surface area contributed by atoms with E-state index in [2.05, 4.69) is 33.9 Å². The lowest BCUT2D eigenvalue weighted by molar-refractivity contribution is -0.124. The van der Waals surface area contributed by atoms with E-state index in [1.54, 1.807) is 12.1 Å². The second kappa shape index (κ2) is 7.22. The Labute approximate surface area is 152 Å². The van der Waals surface area contributed by atoms with E-state index in [0.29, 0.717) is 6.54 Å². The van der Waals surface area contributed by atoms with Crippen molar-refractivity contribution in [3.63, 3.8) is 0 Å². The van der Waals surface area contributed by atoms with Gasteiger partial charge < -0.3 is 20.7 Å². The summed E-state index contributed by atoms with van der Waals surface area (Å²) >= 11 is 0. The number of nitrogens with one attached hydrogen (secondary N) is 3. The fourth-order valence-electron chi connectivity index (χ4n) is 3.87. The summed E-state index contributed by atoms with van der Waals surface area (Å²) in [5.74, 6) is 0.260. The number of phenolic OH excluding ortho intramolecular Hbond substituents is 1. The highest BCUT2D eigenvalue weighted by Crippen LogP contribution is 2.30. The first-order chi connectivity index (χ1) is 12.7. The van der Waals surface area contributed by atoms with Gasteiger partial charge in [0.25, 0.3) is 0 Å². The van der Waals surface area contributed by atoms with Gasteiger partial charge >= 0.3 is 0 Å². The Morgan fingerprint density at radius 2 is 2.00 bits per heavy atom. The fourth-order valence-corrected chi connectivity index (χ4v) is 3.87. The average molecular weight is 349 g/mol. The van der Waals surface area contributed by atoms with Crippen molar-refractivity contribution in [2.45, 2.75) is 24.8 Å². The molecule has 26 heavy (non-hydrogen) atoms. The minimum absolute atomic E-state index is 0.00365. The molecule has 0 aliphatic carbocycles. The highest BCUT2D eigenvalue weighted by atomic mass is 16.3. The number of hydrogen-bond acceptors (Lipinski definition) is 3. The van der Waals surface area contributed by atoms with Crippen LogP contribution in [0.25, 0.3) is 10.9 Å². The Bertz CT molecular complexity index is 918. The first kappa shape index (κ1) is 16.7. The zero-order valence-corrected chi connectivity index (χ0v) is 14.5. The van der Waals surface area contributed by atoms with Crippen molar-refractivity contribution in [1.82, 2.24) is 15.6 Å². The van der Waals surface area contributed by atoms with Crippen molar-refractivity contribution in [2.24, 2.45) is 0 Å². The van der Waals surface area contributed by atoms with Crippen molar-refractivity contribution in [2.75, 3.05) is 13.1 Å². The van der Waals surface area contributed by atoms with E-state index in [1.807, 2.05) is 24.3 Å². The van der Waals surface area contributed by atoms with E-state index in [1.165, 1.54) is 10.9 Å². The predicted molar refractivity (Wildman–Crippen MR) is 102 cm³/mol. The lowest BCUT2D eigenvalue weighted by Crippen LogP contribution is -2.55. The van der Waals surface area contributed by atoms with Gasteiger partial charge in [0, 0.05) is 36.1 Å². The minimum Gasteiger partial charge on any atom is -0.508 e. The normalized spacial score (nSPS) is 18.6. The summed E-state index contributed by atoms with van der Waals surface area (Å²) in [6, 6.07) is 15.2. The minimum atomic E-state index is -0.282. The highest BCUT2D eigenvalue weighted by Gasteiger charge is 2.31. The number of hydrogen-bond donors (Lipinski definition) is 4. The van der Waals surface area contributed by atoms with Gasteiger partial charge in [-0.1, -0.05) is 30.3 Å². The van der Waals surface area contributed by atoms with Gasteiger partial charge in [0.2, 0.25) is 5.91 Å². The van der Waals surface area contributed by atoms with Gasteiger partial charge in [-0.15, -0.1) is 0 Å². The Kier molecular flexibility index (Phi) is 4.63. The number of carbonyl (C=O) groups is 1. The van der Waals surface area contributed by atoms with Crippen molar-refractivity contribution in [3.05, 3.63) is 65.9 Å². The molecule has 5 heteroatoms. The number of aryl methyl sites for hydroxylation is 1. The van der Waals surface area contributed by atoms with Gasteiger partial charge in [0.15, 0.2) is 0 Å². The Morgan fingerprint density at radius 1 is 1.12 bits per heavy atom. The topological polar surface area (TPSA) is 77.2 Å². The molecule has 134 valence electrons. The molecule has 1 amide bonds. The number of amides is 1. The van der Waals surface area contributed by atoms with E-state index in [4.69, 9.17) is 0 Å². The van der Waals surface area contributed by atoms with Crippen LogP contribution in [0.2, 0.25) is 0 Å². The van der Waals surface area contributed by atoms with Crippen LogP contribution in [0.5, 0.6) is 5.75 Å². The van der Waals surface area contributed by atoms with E-state index in [9.17, 15) is 9.90 Å². The standard InChI is InChI=1S/C21H23N3O2/c25-16-5-3-4-14(12-16)18(20-21(26)23-11-10-22-20)9-8-15-13-24-19-7-2-1-6-17(15)19/h1-7,12-13,18,20,22,24-25H,8-11H2,(H,23,26)/t18?,20-/m0/s1. The Balaban J connectivity index is 1.61. The number of aromatic amines is 1. The summed E-state index contributed by atoms with van der Waals surface area (Å²) in [6.45, 7) is 1.42. The molecule has 2 heterocycles. The van der Waals surface area contributed by atoms with Crippen LogP contribution in [0.4, 0.5) is 0 Å². The van der Waals surface area contributed by atoms with Gasteiger partial charge in [-0.3, -0.25) is 4.79 Å². The van der Waals surface area contributed by atoms with E-state index >= 15 is 0 Å². The molecule has 0 saturated carbocycles. The Morgan fingerprint density at radius 3 is 2.85 bits per heavy atom. The van der Waals surface area contributed by atoms with Crippen molar-refractivity contribution >= 4 is 16.8 Å². The number of rotatable bonds is 5. The molecule has 1 aliphatic rings. The molecule has 1 saturated heterocycles. The molecule has 1 fully saturated rings. The number of carbonyl (C=O) groups excluding carboxylic acids is 1. The van der Waals surface area contributed by atoms with Crippen LogP contribution in [0, 0.1) is 0 Å². The number of piperazine rings is 1. The predicted octanol–water partition coefficient (Wildman–Crippen LogP) is 2.68. The summed E-state index contributed by atoms with van der Waals surface area (Å²) in [5, 5.41) is 17.4. The molecule has 1 aliphatic heterocycles. The number of benzene rings is 2. The molecule has 1 aromatic heterocycles. The highest BCUT2D eigenvalue weighted by molar-refractivity contribution is 5.84. The maximum absolute atomic E-state index is 12.4. The van der Waals surface area contributed by atoms with Crippen molar-refractivity contribution in [3.8, 4) is 5.75 Å². The molecule has 5 nitrogen and oxygen atoms in total. The number of fused-ring (bicyclic) bond motifs is 1. The largest absolute Gasteiger partial charge is 0.508 e. The van der Waals surface area contributed by atoms with Crippen LogP contribution in [-0.2, 0) is 11.2 Å². The smallest absolute Gasteiger partial charge is 0.237 e. The van der Waals surface area contributed by atoms with E-state index in [-0.39, 0.29) is 23.6 Å². The summed E-state index contributed by atoms with van der Waals surface area (Å²) in [7, 11) is 0. The van der Waals surface area contributed by atoms with Crippen LogP contribution in [0.3, 0.4) is 0 Å². The molecular formula is C21H23N3O2. The van der Waals surface area contributed by atoms with Crippen molar-refractivity contribution < 1.29 is 9.90 Å². The third-order valence-corrected chi connectivity index (χ3v) is 5.17. The van der Waals surface area contributed by atoms with E-state index in [0.717, 1.165) is 30.5 Å². The lowest BCUT2D eigenvalue weighted by atomic mass is 9.85. The number of aromatic nitrogens is 1. The summed E-state index contributed by atoms with van der Waals surface area (Å²) in [5.41, 5.74) is 3.37. The number of phenols is 1. The van der Waals surface area contributed by atoms with Crippen LogP contribution < -0.4 is 10.6 Å². The zero-order chi connectivity index (χ0) is 17.9. The average Bonchev–Trinajstić information content (AvgIpc) is 3.07. The Hall–Kier alpha value is -2.79. The number of para-hydroxylation sites is 1. The molecule has 3 aromatic rings. The maximum atomic E-state index is 12.4. The maximum Gasteiger partial charge on any atom is 0.237 e. The second-order valence-corrected chi connectivity index (χ2v) is 6.82. The summed E-state index contributed by atoms with van der Waals surface area (Å²) in [6.07, 6.45) is 3.73. The lowest BCUT2D eigenvalue weighted by Gasteiger charge is -2.31. The molecule has 0 bridgehead atoms. The van der Waals surface area contributed by atoms with Crippen molar-refractivity contribution in [1.29, 1.82) is 0 Å². The number of aromatic hydroxyl groups is 1. The van der Waals surface area contributed by atoms with Gasteiger partial charge in [0.05, 0.1) is 6.04 Å². The number of H-pyrrole nitrogens is 1. The second-order valence-electron chi connectivity index (χ2n) is 6.82. The molecule has 4 rings (SSSR count). The molecule has 4 N–H and O–H groups in total. The van der Waals surface area contributed by atoms with Crippen LogP contribution in [0.1, 0.15) is 23.5 Å². The van der Waals surface area contributed by atoms with Gasteiger partial charge in [0.1, 0.15) is 5.75 Å². The molecule has 0 radical (unpaired) electrons. The van der Waals surface area contributed by atoms with E-state index < -0.39 is 0 Å². The molecule has 2 atom stereocenters. The first-order valence-electron chi connectivity index (χ1n) is 9.07. The fraction of sp³-hybridized carbons (Fsp3) is 0.286. The van der Waals surface area contributed by atoms with Gasteiger partial charge in [-0.25, -0.2) is 0 Å². The van der Waals surface area contributed by atoms with Gasteiger partial charge in [-0.05, 0) is 42.2 Å².